The summed E-state index contributed by atoms with van der Waals surface area (Å²) < 4.78 is 0. The zero-order valence-electron chi connectivity index (χ0n) is 14.4. The van der Waals surface area contributed by atoms with Crippen LogP contribution in [0.1, 0.15) is 32.8 Å². The van der Waals surface area contributed by atoms with Gasteiger partial charge in [0.2, 0.25) is 11.8 Å². The monoisotopic (exact) mass is 318 g/mol. The fraction of sp³-hybridized carbons (Fsp3) is 0.556. The zero-order chi connectivity index (χ0) is 17.2. The summed E-state index contributed by atoms with van der Waals surface area (Å²) in [6, 6.07) is 7.82. The quantitative estimate of drug-likeness (QED) is 0.901. The van der Waals surface area contributed by atoms with Crippen molar-refractivity contribution in [2.45, 2.75) is 39.2 Å². The van der Waals surface area contributed by atoms with Crippen molar-refractivity contribution in [1.82, 2.24) is 4.90 Å². The third-order valence-electron chi connectivity index (χ3n) is 4.14. The first-order chi connectivity index (χ1) is 10.7. The number of carbonyl (C=O) groups is 2. The lowest BCUT2D eigenvalue weighted by Crippen LogP contribution is -2.43. The molecule has 1 atom stereocenters. The van der Waals surface area contributed by atoms with Gasteiger partial charge in [0.1, 0.15) is 0 Å². The van der Waals surface area contributed by atoms with Crippen LogP contribution in [-0.4, -0.2) is 47.6 Å². The van der Waals surface area contributed by atoms with E-state index in [9.17, 15) is 14.7 Å². The van der Waals surface area contributed by atoms with E-state index in [0.29, 0.717) is 6.54 Å². The Hall–Kier alpha value is -1.88. The summed E-state index contributed by atoms with van der Waals surface area (Å²) in [5.41, 5.74) is 1.07. The Morgan fingerprint density at radius 3 is 2.65 bits per heavy atom. The van der Waals surface area contributed by atoms with E-state index < -0.39 is 5.60 Å². The number of aliphatic hydroxyl groups is 1. The Kier molecular flexibility index (Phi) is 5.09. The van der Waals surface area contributed by atoms with Crippen LogP contribution in [-0.2, 0) is 16.0 Å². The Morgan fingerprint density at radius 1 is 1.39 bits per heavy atom. The molecule has 1 N–H and O–H groups in total. The summed E-state index contributed by atoms with van der Waals surface area (Å²) in [4.78, 5) is 28.1. The maximum atomic E-state index is 12.5. The molecule has 1 aromatic rings. The standard InChI is InChI=1S/C18H26N2O3/c1-5-13-8-6-7-9-15(13)20-11-14(10-16(20)21)17(22)19(4)12-18(2,3)23/h6-9,14,23H,5,10-12H2,1-4H3. The molecule has 1 heterocycles. The van der Waals surface area contributed by atoms with Crippen LogP contribution in [0.25, 0.3) is 0 Å². The molecule has 2 rings (SSSR count). The largest absolute Gasteiger partial charge is 0.389 e. The number of carbonyl (C=O) groups excluding carboxylic acids is 2. The van der Waals surface area contributed by atoms with Crippen molar-refractivity contribution in [1.29, 1.82) is 0 Å². The van der Waals surface area contributed by atoms with Crippen LogP contribution in [0.3, 0.4) is 0 Å². The van der Waals surface area contributed by atoms with Crippen LogP contribution < -0.4 is 4.90 Å². The molecule has 0 radical (unpaired) electrons. The maximum absolute atomic E-state index is 12.5. The van der Waals surface area contributed by atoms with E-state index in [1.807, 2.05) is 24.3 Å². The van der Waals surface area contributed by atoms with Gasteiger partial charge in [-0.1, -0.05) is 25.1 Å². The van der Waals surface area contributed by atoms with Gasteiger partial charge in [0.15, 0.2) is 0 Å². The lowest BCUT2D eigenvalue weighted by molar-refractivity contribution is -0.137. The summed E-state index contributed by atoms with van der Waals surface area (Å²) >= 11 is 0. The Morgan fingerprint density at radius 2 is 2.04 bits per heavy atom. The first-order valence-corrected chi connectivity index (χ1v) is 8.08. The summed E-state index contributed by atoms with van der Waals surface area (Å²) in [6.07, 6.45) is 1.07. The van der Waals surface area contributed by atoms with Gasteiger partial charge in [0.25, 0.3) is 0 Å². The highest BCUT2D eigenvalue weighted by molar-refractivity contribution is 6.00. The van der Waals surface area contributed by atoms with E-state index in [4.69, 9.17) is 0 Å². The predicted molar refractivity (Wildman–Crippen MR) is 90.2 cm³/mol. The third kappa shape index (κ3) is 4.10. The van der Waals surface area contributed by atoms with Crippen LogP contribution in [0.15, 0.2) is 24.3 Å². The van der Waals surface area contributed by atoms with Gasteiger partial charge in [-0.25, -0.2) is 0 Å². The van der Waals surface area contributed by atoms with Crippen LogP contribution in [0.5, 0.6) is 0 Å². The second-order valence-electron chi connectivity index (χ2n) is 6.89. The molecule has 0 aromatic heterocycles. The molecule has 23 heavy (non-hydrogen) atoms. The first-order valence-electron chi connectivity index (χ1n) is 8.08. The summed E-state index contributed by atoms with van der Waals surface area (Å²) in [7, 11) is 1.67. The van der Waals surface area contributed by atoms with Crippen LogP contribution in [0.4, 0.5) is 5.69 Å². The minimum Gasteiger partial charge on any atom is -0.389 e. The van der Waals surface area contributed by atoms with Crippen molar-refractivity contribution >= 4 is 17.5 Å². The number of rotatable bonds is 5. The molecule has 1 aliphatic rings. The molecular weight excluding hydrogens is 292 g/mol. The second-order valence-corrected chi connectivity index (χ2v) is 6.89. The molecule has 1 saturated heterocycles. The predicted octanol–water partition coefficient (Wildman–Crippen LogP) is 1.83. The Balaban J connectivity index is 2.12. The van der Waals surface area contributed by atoms with Gasteiger partial charge in [-0.2, -0.15) is 0 Å². The van der Waals surface area contributed by atoms with Crippen LogP contribution in [0.2, 0.25) is 0 Å². The highest BCUT2D eigenvalue weighted by Gasteiger charge is 2.37. The number of para-hydroxylation sites is 1. The molecule has 0 bridgehead atoms. The molecule has 1 unspecified atom stereocenters. The Bertz CT molecular complexity index is 592. The molecular formula is C18H26N2O3. The van der Waals surface area contributed by atoms with E-state index in [-0.39, 0.29) is 30.7 Å². The minimum atomic E-state index is -0.943. The third-order valence-corrected chi connectivity index (χ3v) is 4.14. The van der Waals surface area contributed by atoms with Gasteiger partial charge in [-0.05, 0) is 31.9 Å². The topological polar surface area (TPSA) is 60.9 Å². The molecule has 1 aromatic carbocycles. The van der Waals surface area contributed by atoms with Crippen LogP contribution >= 0.6 is 0 Å². The Labute approximate surface area is 137 Å². The number of likely N-dealkylation sites (N-methyl/N-ethyl adjacent to an activating group) is 1. The van der Waals surface area contributed by atoms with Gasteiger partial charge in [-0.3, -0.25) is 9.59 Å². The SMILES string of the molecule is CCc1ccccc1N1CC(C(=O)N(C)CC(C)(C)O)CC1=O. The maximum Gasteiger partial charge on any atom is 0.227 e. The van der Waals surface area contributed by atoms with Crippen molar-refractivity contribution < 1.29 is 14.7 Å². The second kappa shape index (κ2) is 6.71. The summed E-state index contributed by atoms with van der Waals surface area (Å²) in [6.45, 7) is 6.05. The van der Waals surface area contributed by atoms with Crippen molar-refractivity contribution in [3.8, 4) is 0 Å². The van der Waals surface area contributed by atoms with Crippen molar-refractivity contribution in [3.05, 3.63) is 29.8 Å². The summed E-state index contributed by atoms with van der Waals surface area (Å²) in [5, 5.41) is 9.86. The van der Waals surface area contributed by atoms with Crippen LogP contribution in [0, 0.1) is 5.92 Å². The molecule has 2 amide bonds. The average Bonchev–Trinajstić information content (AvgIpc) is 2.86. The fourth-order valence-corrected chi connectivity index (χ4v) is 3.15. The number of nitrogens with zero attached hydrogens (tertiary/aromatic N) is 2. The number of hydrogen-bond donors (Lipinski definition) is 1. The van der Waals surface area contributed by atoms with Gasteiger partial charge >= 0.3 is 0 Å². The highest BCUT2D eigenvalue weighted by atomic mass is 16.3. The number of anilines is 1. The van der Waals surface area contributed by atoms with Gasteiger partial charge in [0.05, 0.1) is 11.5 Å². The molecule has 126 valence electrons. The highest BCUT2D eigenvalue weighted by Crippen LogP contribution is 2.29. The molecule has 5 heteroatoms. The number of hydrogen-bond acceptors (Lipinski definition) is 3. The van der Waals surface area contributed by atoms with Crippen molar-refractivity contribution in [2.75, 3.05) is 25.0 Å². The van der Waals surface area contributed by atoms with E-state index in [1.165, 1.54) is 4.90 Å². The van der Waals surface area contributed by atoms with E-state index in [2.05, 4.69) is 6.92 Å². The molecule has 1 aliphatic heterocycles. The van der Waals surface area contributed by atoms with Crippen molar-refractivity contribution in [2.24, 2.45) is 5.92 Å². The smallest absolute Gasteiger partial charge is 0.227 e. The van der Waals surface area contributed by atoms with E-state index >= 15 is 0 Å². The van der Waals surface area contributed by atoms with Crippen molar-refractivity contribution in [3.63, 3.8) is 0 Å². The lowest BCUT2D eigenvalue weighted by atomic mass is 10.1. The molecule has 5 nitrogen and oxygen atoms in total. The number of amides is 2. The summed E-state index contributed by atoms with van der Waals surface area (Å²) in [5.74, 6) is -0.447. The minimum absolute atomic E-state index is 0.0130. The van der Waals surface area contributed by atoms with Gasteiger partial charge < -0.3 is 14.9 Å². The molecule has 0 spiro atoms. The normalized spacial score (nSPS) is 18.4. The first kappa shape index (κ1) is 17.5. The lowest BCUT2D eigenvalue weighted by Gasteiger charge is -2.27. The fourth-order valence-electron chi connectivity index (χ4n) is 3.15. The van der Waals surface area contributed by atoms with E-state index in [1.54, 1.807) is 25.8 Å². The average molecular weight is 318 g/mol. The van der Waals surface area contributed by atoms with Gasteiger partial charge in [-0.15, -0.1) is 0 Å². The number of aryl methyl sites for hydroxylation is 1. The molecule has 1 fully saturated rings. The van der Waals surface area contributed by atoms with Gasteiger partial charge in [0, 0.05) is 32.2 Å². The molecule has 0 saturated carbocycles. The van der Waals surface area contributed by atoms with E-state index in [0.717, 1.165) is 17.7 Å². The molecule has 0 aliphatic carbocycles. The number of benzene rings is 1. The zero-order valence-corrected chi connectivity index (χ0v) is 14.4.